The van der Waals surface area contributed by atoms with Crippen molar-refractivity contribution in [2.24, 2.45) is 0 Å². The molecule has 2 heterocycles. The third-order valence-corrected chi connectivity index (χ3v) is 4.41. The lowest BCUT2D eigenvalue weighted by molar-refractivity contribution is 0.246. The number of nitrogens with zero attached hydrogens (tertiary/aromatic N) is 2. The third kappa shape index (κ3) is 4.41. The van der Waals surface area contributed by atoms with Crippen molar-refractivity contribution >= 4 is 17.5 Å². The first-order chi connectivity index (χ1) is 12.2. The van der Waals surface area contributed by atoms with Crippen LogP contribution in [0, 0.1) is 6.92 Å². The highest BCUT2D eigenvalue weighted by Gasteiger charge is 2.21. The van der Waals surface area contributed by atoms with Crippen LogP contribution in [0.4, 0.5) is 16.3 Å². The minimum Gasteiger partial charge on any atom is -0.495 e. The molecule has 1 aliphatic heterocycles. The number of carbonyl (C=O) groups excluding carboxylic acids is 1. The molecule has 0 aliphatic carbocycles. The molecule has 1 aromatic heterocycles. The van der Waals surface area contributed by atoms with E-state index >= 15 is 0 Å². The molecule has 3 rings (SSSR count). The Morgan fingerprint density at radius 3 is 2.72 bits per heavy atom. The Labute approximate surface area is 148 Å². The van der Waals surface area contributed by atoms with Crippen molar-refractivity contribution in [3.05, 3.63) is 48.2 Å². The zero-order chi connectivity index (χ0) is 17.6. The number of methoxy groups -OCH3 is 1. The van der Waals surface area contributed by atoms with Crippen LogP contribution >= 0.6 is 0 Å². The van der Waals surface area contributed by atoms with Gasteiger partial charge in [0.15, 0.2) is 0 Å². The number of carbonyl (C=O) groups is 1. The summed E-state index contributed by atoms with van der Waals surface area (Å²) in [6, 6.07) is 11.6. The topological polar surface area (TPSA) is 66.5 Å². The summed E-state index contributed by atoms with van der Waals surface area (Å²) in [6.07, 6.45) is 3.60. The first-order valence-corrected chi connectivity index (χ1v) is 8.54. The van der Waals surface area contributed by atoms with E-state index in [2.05, 4.69) is 20.5 Å². The number of urea groups is 1. The fraction of sp³-hybridized carbons (Fsp3) is 0.368. The maximum atomic E-state index is 12.3. The van der Waals surface area contributed by atoms with Gasteiger partial charge in [-0.1, -0.05) is 12.1 Å². The maximum absolute atomic E-state index is 12.3. The van der Waals surface area contributed by atoms with Crippen LogP contribution in [0.25, 0.3) is 0 Å². The lowest BCUT2D eigenvalue weighted by atomic mass is 10.1. The van der Waals surface area contributed by atoms with Crippen LogP contribution in [0.15, 0.2) is 42.6 Å². The molecule has 132 valence electrons. The Bertz CT molecular complexity index is 713. The summed E-state index contributed by atoms with van der Waals surface area (Å²) in [6.45, 7) is 3.75. The second kappa shape index (κ2) is 7.88. The van der Waals surface area contributed by atoms with E-state index in [1.165, 1.54) is 0 Å². The molecule has 0 atom stereocenters. The van der Waals surface area contributed by atoms with Crippen molar-refractivity contribution in [3.63, 3.8) is 0 Å². The second-order valence-electron chi connectivity index (χ2n) is 6.25. The molecule has 1 saturated heterocycles. The summed E-state index contributed by atoms with van der Waals surface area (Å²) in [5.74, 6) is 1.65. The number of amides is 2. The molecule has 2 amide bonds. The average molecular weight is 340 g/mol. The fourth-order valence-electron chi connectivity index (χ4n) is 3.06. The Morgan fingerprint density at radius 2 is 2.04 bits per heavy atom. The maximum Gasteiger partial charge on any atom is 0.319 e. The van der Waals surface area contributed by atoms with E-state index in [4.69, 9.17) is 4.74 Å². The third-order valence-electron chi connectivity index (χ3n) is 4.41. The smallest absolute Gasteiger partial charge is 0.319 e. The SMILES string of the molecule is COc1ccc(C)cc1NC(=O)NC1CCN(c2ccccn2)CC1. The quantitative estimate of drug-likeness (QED) is 0.897. The van der Waals surface area contributed by atoms with E-state index in [0.717, 1.165) is 37.3 Å². The number of aryl methyl sites for hydroxylation is 1. The number of hydrogen-bond acceptors (Lipinski definition) is 4. The number of pyridine rings is 1. The van der Waals surface area contributed by atoms with Crippen LogP contribution in [0.1, 0.15) is 18.4 Å². The molecule has 0 radical (unpaired) electrons. The van der Waals surface area contributed by atoms with Gasteiger partial charge in [-0.3, -0.25) is 0 Å². The van der Waals surface area contributed by atoms with Crippen molar-refractivity contribution in [2.45, 2.75) is 25.8 Å². The van der Waals surface area contributed by atoms with Crippen LogP contribution in [-0.2, 0) is 0 Å². The van der Waals surface area contributed by atoms with Crippen LogP contribution < -0.4 is 20.3 Å². The van der Waals surface area contributed by atoms with Gasteiger partial charge in [-0.2, -0.15) is 0 Å². The second-order valence-corrected chi connectivity index (χ2v) is 6.25. The number of aromatic nitrogens is 1. The number of ether oxygens (including phenoxy) is 1. The number of hydrogen-bond donors (Lipinski definition) is 2. The summed E-state index contributed by atoms with van der Waals surface area (Å²) in [5, 5.41) is 5.95. The minimum atomic E-state index is -0.194. The lowest BCUT2D eigenvalue weighted by Gasteiger charge is -2.33. The zero-order valence-corrected chi connectivity index (χ0v) is 14.7. The highest BCUT2D eigenvalue weighted by Crippen LogP contribution is 2.25. The number of benzene rings is 1. The molecule has 0 unspecified atom stereocenters. The molecule has 6 nitrogen and oxygen atoms in total. The summed E-state index contributed by atoms with van der Waals surface area (Å²) in [5.41, 5.74) is 1.76. The predicted molar refractivity (Wildman–Crippen MR) is 99.4 cm³/mol. The number of anilines is 2. The molecular formula is C19H24N4O2. The van der Waals surface area contributed by atoms with Crippen molar-refractivity contribution in [1.82, 2.24) is 10.3 Å². The van der Waals surface area contributed by atoms with E-state index in [-0.39, 0.29) is 12.1 Å². The van der Waals surface area contributed by atoms with Gasteiger partial charge in [0.05, 0.1) is 12.8 Å². The molecule has 1 aliphatic rings. The molecule has 1 aromatic carbocycles. The molecule has 1 fully saturated rings. The fourth-order valence-corrected chi connectivity index (χ4v) is 3.06. The van der Waals surface area contributed by atoms with Gasteiger partial charge in [0, 0.05) is 25.3 Å². The van der Waals surface area contributed by atoms with E-state index in [0.29, 0.717) is 11.4 Å². The molecule has 2 N–H and O–H groups in total. The van der Waals surface area contributed by atoms with E-state index in [1.54, 1.807) is 7.11 Å². The van der Waals surface area contributed by atoms with E-state index in [1.807, 2.05) is 49.5 Å². The first-order valence-electron chi connectivity index (χ1n) is 8.54. The zero-order valence-electron chi connectivity index (χ0n) is 14.7. The van der Waals surface area contributed by atoms with Crippen molar-refractivity contribution in [1.29, 1.82) is 0 Å². The monoisotopic (exact) mass is 340 g/mol. The van der Waals surface area contributed by atoms with Gasteiger partial charge < -0.3 is 20.3 Å². The van der Waals surface area contributed by atoms with Gasteiger partial charge in [-0.15, -0.1) is 0 Å². The van der Waals surface area contributed by atoms with Gasteiger partial charge >= 0.3 is 6.03 Å². The van der Waals surface area contributed by atoms with Crippen molar-refractivity contribution < 1.29 is 9.53 Å². The largest absolute Gasteiger partial charge is 0.495 e. The normalized spacial score (nSPS) is 14.9. The van der Waals surface area contributed by atoms with Crippen LogP contribution in [0.3, 0.4) is 0 Å². The van der Waals surface area contributed by atoms with Crippen LogP contribution in [-0.4, -0.2) is 37.3 Å². The molecule has 0 saturated carbocycles. The average Bonchev–Trinajstić information content (AvgIpc) is 2.63. The Kier molecular flexibility index (Phi) is 5.38. The summed E-state index contributed by atoms with van der Waals surface area (Å²) < 4.78 is 5.30. The van der Waals surface area contributed by atoms with Gasteiger partial charge in [0.2, 0.25) is 0 Å². The first kappa shape index (κ1) is 17.1. The molecule has 0 spiro atoms. The summed E-state index contributed by atoms with van der Waals surface area (Å²) in [7, 11) is 1.60. The Hall–Kier alpha value is -2.76. The Morgan fingerprint density at radius 1 is 1.24 bits per heavy atom. The standard InChI is InChI=1S/C19H24N4O2/c1-14-6-7-17(25-2)16(13-14)22-19(24)21-15-8-11-23(12-9-15)18-5-3-4-10-20-18/h3-7,10,13,15H,8-9,11-12H2,1-2H3,(H2,21,22,24). The highest BCUT2D eigenvalue weighted by atomic mass is 16.5. The number of piperidine rings is 1. The predicted octanol–water partition coefficient (Wildman–Crippen LogP) is 3.19. The molecule has 25 heavy (non-hydrogen) atoms. The van der Waals surface area contributed by atoms with Crippen LogP contribution in [0.5, 0.6) is 5.75 Å². The Balaban J connectivity index is 1.52. The summed E-state index contributed by atoms with van der Waals surface area (Å²) in [4.78, 5) is 18.9. The van der Waals surface area contributed by atoms with E-state index < -0.39 is 0 Å². The van der Waals surface area contributed by atoms with Crippen LogP contribution in [0.2, 0.25) is 0 Å². The molecule has 6 heteroatoms. The van der Waals surface area contributed by atoms with Crippen molar-refractivity contribution in [2.75, 3.05) is 30.4 Å². The number of nitrogens with one attached hydrogen (secondary N) is 2. The van der Waals surface area contributed by atoms with Gasteiger partial charge in [-0.25, -0.2) is 9.78 Å². The highest BCUT2D eigenvalue weighted by molar-refractivity contribution is 5.91. The molecular weight excluding hydrogens is 316 g/mol. The minimum absolute atomic E-state index is 0.163. The van der Waals surface area contributed by atoms with Crippen molar-refractivity contribution in [3.8, 4) is 5.75 Å². The van der Waals surface area contributed by atoms with E-state index in [9.17, 15) is 4.79 Å². The van der Waals surface area contributed by atoms with Gasteiger partial charge in [0.25, 0.3) is 0 Å². The summed E-state index contributed by atoms with van der Waals surface area (Å²) >= 11 is 0. The lowest BCUT2D eigenvalue weighted by Crippen LogP contribution is -2.46. The number of rotatable bonds is 4. The molecule has 2 aromatic rings. The van der Waals surface area contributed by atoms with Gasteiger partial charge in [0.1, 0.15) is 11.6 Å². The molecule has 0 bridgehead atoms. The van der Waals surface area contributed by atoms with Gasteiger partial charge in [-0.05, 0) is 49.6 Å².